The van der Waals surface area contributed by atoms with E-state index < -0.39 is 10.0 Å². The second kappa shape index (κ2) is 9.10. The molecule has 1 atom stereocenters. The number of nitrogens with zero attached hydrogens (tertiary/aromatic N) is 1. The fraction of sp³-hybridized carbons (Fsp3) is 0.474. The molecule has 26 heavy (non-hydrogen) atoms. The Morgan fingerprint density at radius 3 is 2.77 bits per heavy atom. The number of nitrogens with one attached hydrogen (secondary N) is 1. The molecule has 2 aromatic rings. The van der Waals surface area contributed by atoms with Crippen molar-refractivity contribution >= 4 is 21.4 Å². The molecule has 0 spiro atoms. The molecule has 0 aliphatic carbocycles. The summed E-state index contributed by atoms with van der Waals surface area (Å²) in [5.74, 6) is 0. The predicted molar refractivity (Wildman–Crippen MR) is 105 cm³/mol. The first-order valence-corrected chi connectivity index (χ1v) is 11.4. The number of rotatable bonds is 8. The van der Waals surface area contributed by atoms with Gasteiger partial charge in [0.25, 0.3) is 0 Å². The van der Waals surface area contributed by atoms with Crippen molar-refractivity contribution < 1.29 is 13.2 Å². The first-order chi connectivity index (χ1) is 12.6. The molecule has 0 saturated carbocycles. The monoisotopic (exact) mass is 394 g/mol. The summed E-state index contributed by atoms with van der Waals surface area (Å²) in [6, 6.07) is 13.8. The molecule has 0 unspecified atom stereocenters. The molecule has 3 rings (SSSR count). The Kier molecular flexibility index (Phi) is 6.83. The van der Waals surface area contributed by atoms with Crippen LogP contribution in [0.25, 0.3) is 0 Å². The molecule has 0 bridgehead atoms. The number of sulfonamides is 1. The van der Waals surface area contributed by atoms with Gasteiger partial charge in [0.1, 0.15) is 4.21 Å². The highest BCUT2D eigenvalue weighted by molar-refractivity contribution is 7.91. The molecule has 1 N–H and O–H groups in total. The van der Waals surface area contributed by atoms with E-state index in [-0.39, 0.29) is 6.10 Å². The lowest BCUT2D eigenvalue weighted by Crippen LogP contribution is -2.39. The van der Waals surface area contributed by atoms with E-state index in [4.69, 9.17) is 4.74 Å². The van der Waals surface area contributed by atoms with Gasteiger partial charge in [-0.1, -0.05) is 37.3 Å². The average Bonchev–Trinajstić information content (AvgIpc) is 3.17. The number of hydrogen-bond acceptors (Lipinski definition) is 5. The largest absolute Gasteiger partial charge is 0.371 e. The smallest absolute Gasteiger partial charge is 0.250 e. The van der Waals surface area contributed by atoms with Crippen LogP contribution in [0.3, 0.4) is 0 Å². The Hall–Kier alpha value is -1.25. The molecule has 1 fully saturated rings. The molecular formula is C19H26N2O3S2. The number of thiophene rings is 1. The lowest BCUT2D eigenvalue weighted by molar-refractivity contribution is -0.0300. The van der Waals surface area contributed by atoms with E-state index in [0.29, 0.717) is 17.4 Å². The van der Waals surface area contributed by atoms with Crippen molar-refractivity contribution in [3.05, 3.63) is 52.9 Å². The number of aryl methyl sites for hydroxylation is 1. The van der Waals surface area contributed by atoms with E-state index in [1.165, 1.54) is 16.9 Å². The van der Waals surface area contributed by atoms with Gasteiger partial charge in [-0.2, -0.15) is 0 Å². The Morgan fingerprint density at radius 1 is 1.23 bits per heavy atom. The molecule has 1 saturated heterocycles. The SMILES string of the molecule is CCc1ccc(S(=O)(=O)NCCCN2CCO[C@H](c3ccccc3)C2)s1. The first kappa shape index (κ1) is 19.5. The highest BCUT2D eigenvalue weighted by atomic mass is 32.2. The number of ether oxygens (including phenoxy) is 1. The van der Waals surface area contributed by atoms with Crippen LogP contribution in [0.15, 0.2) is 46.7 Å². The third kappa shape index (κ3) is 5.14. The second-order valence-electron chi connectivity index (χ2n) is 6.40. The van der Waals surface area contributed by atoms with Crippen molar-refractivity contribution in [2.45, 2.75) is 30.1 Å². The topological polar surface area (TPSA) is 58.6 Å². The molecule has 2 heterocycles. The van der Waals surface area contributed by atoms with Crippen LogP contribution in [0.1, 0.15) is 29.9 Å². The quantitative estimate of drug-likeness (QED) is 0.699. The lowest BCUT2D eigenvalue weighted by Gasteiger charge is -2.33. The summed E-state index contributed by atoms with van der Waals surface area (Å²) in [7, 11) is -3.38. The van der Waals surface area contributed by atoms with Crippen LogP contribution in [0, 0.1) is 0 Å². The van der Waals surface area contributed by atoms with Crippen LogP contribution in [0.5, 0.6) is 0 Å². The second-order valence-corrected chi connectivity index (χ2v) is 9.56. The molecule has 0 amide bonds. The third-order valence-corrected chi connectivity index (χ3v) is 7.70. The average molecular weight is 395 g/mol. The van der Waals surface area contributed by atoms with Crippen molar-refractivity contribution in [3.63, 3.8) is 0 Å². The van der Waals surface area contributed by atoms with E-state index >= 15 is 0 Å². The highest BCUT2D eigenvalue weighted by Crippen LogP contribution is 2.23. The van der Waals surface area contributed by atoms with Gasteiger partial charge < -0.3 is 4.74 Å². The Balaban J connectivity index is 1.44. The minimum absolute atomic E-state index is 0.0974. The standard InChI is InChI=1S/C19H26N2O3S2/c1-2-17-9-10-19(25-17)26(22,23)20-11-6-12-21-13-14-24-18(15-21)16-7-4-3-5-8-16/h3-5,7-10,18,20H,2,6,11-15H2,1H3/t18-/m0/s1. The predicted octanol–water partition coefficient (Wildman–Crippen LogP) is 3.05. The van der Waals surface area contributed by atoms with Crippen LogP contribution < -0.4 is 4.72 Å². The highest BCUT2D eigenvalue weighted by Gasteiger charge is 2.22. The van der Waals surface area contributed by atoms with Crippen LogP contribution >= 0.6 is 11.3 Å². The lowest BCUT2D eigenvalue weighted by atomic mass is 10.1. The van der Waals surface area contributed by atoms with Crippen molar-refractivity contribution in [2.75, 3.05) is 32.8 Å². The summed E-state index contributed by atoms with van der Waals surface area (Å²) in [5.41, 5.74) is 1.20. The third-order valence-electron chi connectivity index (χ3n) is 4.52. The zero-order chi connectivity index (χ0) is 18.4. The van der Waals surface area contributed by atoms with Crippen LogP contribution in [0.4, 0.5) is 0 Å². The fourth-order valence-corrected chi connectivity index (χ4v) is 5.46. The minimum Gasteiger partial charge on any atom is -0.371 e. The van der Waals surface area contributed by atoms with E-state index in [1.807, 2.05) is 31.2 Å². The molecule has 1 aromatic carbocycles. The van der Waals surface area contributed by atoms with Gasteiger partial charge in [-0.3, -0.25) is 4.90 Å². The molecule has 1 aromatic heterocycles. The van der Waals surface area contributed by atoms with Crippen LogP contribution in [-0.2, 0) is 21.2 Å². The summed E-state index contributed by atoms with van der Waals surface area (Å²) < 4.78 is 33.6. The Morgan fingerprint density at radius 2 is 2.04 bits per heavy atom. The summed E-state index contributed by atoms with van der Waals surface area (Å²) in [6.07, 6.45) is 1.74. The summed E-state index contributed by atoms with van der Waals surface area (Å²) in [4.78, 5) is 3.43. The molecule has 0 radical (unpaired) electrons. The summed E-state index contributed by atoms with van der Waals surface area (Å²) in [6.45, 7) is 5.79. The maximum absolute atomic E-state index is 12.3. The van der Waals surface area contributed by atoms with Crippen molar-refractivity contribution in [3.8, 4) is 0 Å². The summed E-state index contributed by atoms with van der Waals surface area (Å²) in [5, 5.41) is 0. The first-order valence-electron chi connectivity index (χ1n) is 9.06. The zero-order valence-corrected chi connectivity index (χ0v) is 16.7. The number of hydrogen-bond donors (Lipinski definition) is 1. The molecule has 5 nitrogen and oxygen atoms in total. The molecule has 1 aliphatic heterocycles. The maximum atomic E-state index is 12.3. The van der Waals surface area contributed by atoms with Crippen LogP contribution in [-0.4, -0.2) is 46.1 Å². The van der Waals surface area contributed by atoms with E-state index in [2.05, 4.69) is 21.8 Å². The maximum Gasteiger partial charge on any atom is 0.250 e. The number of morpholine rings is 1. The van der Waals surface area contributed by atoms with Crippen molar-refractivity contribution in [1.82, 2.24) is 9.62 Å². The molecule has 7 heteroatoms. The van der Waals surface area contributed by atoms with Gasteiger partial charge in [-0.25, -0.2) is 13.1 Å². The van der Waals surface area contributed by atoms with E-state index in [0.717, 1.165) is 37.4 Å². The van der Waals surface area contributed by atoms with Crippen LogP contribution in [0.2, 0.25) is 0 Å². The normalized spacial score (nSPS) is 18.9. The van der Waals surface area contributed by atoms with Gasteiger partial charge in [0, 0.05) is 24.5 Å². The van der Waals surface area contributed by atoms with Crippen molar-refractivity contribution in [2.24, 2.45) is 0 Å². The van der Waals surface area contributed by atoms with Gasteiger partial charge in [0.05, 0.1) is 12.7 Å². The molecule has 142 valence electrons. The van der Waals surface area contributed by atoms with E-state index in [9.17, 15) is 8.42 Å². The van der Waals surface area contributed by atoms with E-state index in [1.54, 1.807) is 6.07 Å². The molecule has 1 aliphatic rings. The summed E-state index contributed by atoms with van der Waals surface area (Å²) >= 11 is 1.35. The Bertz CT molecular complexity index is 790. The number of benzene rings is 1. The van der Waals surface area contributed by atoms with Gasteiger partial charge in [-0.15, -0.1) is 11.3 Å². The van der Waals surface area contributed by atoms with Crippen molar-refractivity contribution in [1.29, 1.82) is 0 Å². The fourth-order valence-electron chi connectivity index (χ4n) is 3.05. The van der Waals surface area contributed by atoms with Gasteiger partial charge >= 0.3 is 0 Å². The minimum atomic E-state index is -3.38. The molecular weight excluding hydrogens is 368 g/mol. The Labute approximate surface area is 160 Å². The van der Waals surface area contributed by atoms with Gasteiger partial charge in [0.15, 0.2) is 0 Å². The zero-order valence-electron chi connectivity index (χ0n) is 15.1. The van der Waals surface area contributed by atoms with Gasteiger partial charge in [-0.05, 0) is 37.1 Å². The van der Waals surface area contributed by atoms with Gasteiger partial charge in [0.2, 0.25) is 10.0 Å².